The topological polar surface area (TPSA) is 54.9 Å². The number of benzene rings is 2. The summed E-state index contributed by atoms with van der Waals surface area (Å²) in [6, 6.07) is 13.1. The first-order valence-corrected chi connectivity index (χ1v) is 8.64. The molecule has 0 aliphatic heterocycles. The van der Waals surface area contributed by atoms with Crippen molar-refractivity contribution in [3.8, 4) is 11.5 Å². The highest BCUT2D eigenvalue weighted by Crippen LogP contribution is 2.31. The number of methoxy groups -OCH3 is 1. The molecule has 0 amide bonds. The summed E-state index contributed by atoms with van der Waals surface area (Å²) >= 11 is 11.1. The fourth-order valence-corrected chi connectivity index (χ4v) is 2.45. The molecule has 0 aromatic heterocycles. The molecule has 0 spiro atoms. The third-order valence-electron chi connectivity index (χ3n) is 3.28. The third kappa shape index (κ3) is 6.06. The van der Waals surface area contributed by atoms with Gasteiger partial charge in [0.1, 0.15) is 6.61 Å². The molecule has 5 nitrogen and oxygen atoms in total. The average Bonchev–Trinajstić information content (AvgIpc) is 2.65. The largest absolute Gasteiger partial charge is 0.493 e. The Hall–Kier alpha value is -2.57. The van der Waals surface area contributed by atoms with Gasteiger partial charge in [-0.3, -0.25) is 5.43 Å². The minimum absolute atomic E-state index is 0.356. The highest BCUT2D eigenvalue weighted by molar-refractivity contribution is 7.80. The van der Waals surface area contributed by atoms with Crippen molar-refractivity contribution in [2.45, 2.75) is 6.61 Å². The number of rotatable bonds is 8. The second-order valence-corrected chi connectivity index (χ2v) is 6.01. The molecule has 0 bridgehead atoms. The van der Waals surface area contributed by atoms with E-state index in [-0.39, 0.29) is 0 Å². The Balaban J connectivity index is 2.11. The Kier molecular flexibility index (Phi) is 7.92. The molecule has 0 aliphatic rings. The lowest BCUT2D eigenvalue weighted by molar-refractivity contribution is 0.284. The van der Waals surface area contributed by atoms with Gasteiger partial charge in [-0.05, 0) is 42.0 Å². The van der Waals surface area contributed by atoms with Gasteiger partial charge in [-0.25, -0.2) is 0 Å². The summed E-state index contributed by atoms with van der Waals surface area (Å²) in [6.07, 6.45) is 3.33. The van der Waals surface area contributed by atoms with Gasteiger partial charge in [-0.15, -0.1) is 6.58 Å². The zero-order valence-corrected chi connectivity index (χ0v) is 15.9. The first-order valence-electron chi connectivity index (χ1n) is 7.86. The van der Waals surface area contributed by atoms with Gasteiger partial charge in [-0.2, -0.15) is 5.10 Å². The molecule has 2 rings (SSSR count). The molecule has 0 atom stereocenters. The molecule has 0 aliphatic carbocycles. The van der Waals surface area contributed by atoms with Gasteiger partial charge in [0.25, 0.3) is 0 Å². The van der Waals surface area contributed by atoms with Crippen molar-refractivity contribution >= 4 is 35.1 Å². The van der Waals surface area contributed by atoms with Gasteiger partial charge in [0.2, 0.25) is 0 Å². The molecule has 2 N–H and O–H groups in total. The molecule has 2 aromatic rings. The third-order valence-corrected chi connectivity index (χ3v) is 3.75. The number of hydrogen-bond donors (Lipinski definition) is 2. The molecule has 0 radical (unpaired) electrons. The lowest BCUT2D eigenvalue weighted by Gasteiger charge is -2.13. The maximum Gasteiger partial charge on any atom is 0.187 e. The Morgan fingerprint density at radius 2 is 2.12 bits per heavy atom. The van der Waals surface area contributed by atoms with E-state index < -0.39 is 0 Å². The van der Waals surface area contributed by atoms with Crippen LogP contribution in [0.1, 0.15) is 11.1 Å². The van der Waals surface area contributed by atoms with E-state index in [1.165, 1.54) is 0 Å². The highest BCUT2D eigenvalue weighted by Gasteiger charge is 2.10. The first kappa shape index (κ1) is 19.8. The van der Waals surface area contributed by atoms with E-state index in [1.807, 2.05) is 42.5 Å². The van der Waals surface area contributed by atoms with Crippen LogP contribution in [0.15, 0.2) is 60.2 Å². The second kappa shape index (κ2) is 10.4. The number of nitrogens with one attached hydrogen (secondary N) is 2. The molecular formula is C19H20ClN3O2S. The quantitative estimate of drug-likeness (QED) is 0.310. The zero-order chi connectivity index (χ0) is 18.8. The lowest BCUT2D eigenvalue weighted by Crippen LogP contribution is -2.31. The standard InChI is InChI=1S/C19H20ClN3O2S/c1-3-10-21-19(26)23-22-12-15-7-5-9-17(24-2)18(15)25-13-14-6-4-8-16(20)11-14/h3-9,11-12H,1,10,13H2,2H3,(H2,21,23,26)/b22-12+. The minimum atomic E-state index is 0.356. The van der Waals surface area contributed by atoms with Crippen molar-refractivity contribution in [1.29, 1.82) is 0 Å². The Bertz CT molecular complexity index is 796. The van der Waals surface area contributed by atoms with Crippen LogP contribution in [0.25, 0.3) is 0 Å². The number of halogens is 1. The van der Waals surface area contributed by atoms with Crippen LogP contribution in [0.3, 0.4) is 0 Å². The SMILES string of the molecule is C=CCNC(=S)N/N=C/c1cccc(OC)c1OCc1cccc(Cl)c1. The van der Waals surface area contributed by atoms with Crippen LogP contribution in [0.2, 0.25) is 5.02 Å². The maximum atomic E-state index is 6.02. The van der Waals surface area contributed by atoms with Crippen LogP contribution in [-0.2, 0) is 6.61 Å². The summed E-state index contributed by atoms with van der Waals surface area (Å²) in [7, 11) is 1.59. The van der Waals surface area contributed by atoms with E-state index in [4.69, 9.17) is 33.3 Å². The first-order chi connectivity index (χ1) is 12.6. The molecule has 0 saturated carbocycles. The highest BCUT2D eigenvalue weighted by atomic mass is 35.5. The van der Waals surface area contributed by atoms with Gasteiger partial charge in [0.05, 0.1) is 13.3 Å². The van der Waals surface area contributed by atoms with Crippen LogP contribution >= 0.6 is 23.8 Å². The number of para-hydroxylation sites is 1. The smallest absolute Gasteiger partial charge is 0.187 e. The zero-order valence-electron chi connectivity index (χ0n) is 14.4. The van der Waals surface area contributed by atoms with E-state index in [0.29, 0.717) is 34.8 Å². The molecule has 26 heavy (non-hydrogen) atoms. The molecule has 0 unspecified atom stereocenters. The van der Waals surface area contributed by atoms with Gasteiger partial charge in [-0.1, -0.05) is 35.9 Å². The average molecular weight is 390 g/mol. The minimum Gasteiger partial charge on any atom is -0.493 e. The van der Waals surface area contributed by atoms with Crippen molar-refractivity contribution < 1.29 is 9.47 Å². The van der Waals surface area contributed by atoms with Crippen molar-refractivity contribution in [3.05, 3.63) is 71.3 Å². The Labute approximate surface area is 163 Å². The van der Waals surface area contributed by atoms with Crippen molar-refractivity contribution in [2.75, 3.05) is 13.7 Å². The number of hydrazone groups is 1. The monoisotopic (exact) mass is 389 g/mol. The number of ether oxygens (including phenoxy) is 2. The summed E-state index contributed by atoms with van der Waals surface area (Å²) in [5, 5.41) is 8.13. The molecule has 7 heteroatoms. The van der Waals surface area contributed by atoms with E-state index in [2.05, 4.69) is 22.4 Å². The van der Waals surface area contributed by atoms with E-state index in [0.717, 1.165) is 11.1 Å². The molecule has 136 valence electrons. The van der Waals surface area contributed by atoms with Crippen molar-refractivity contribution in [2.24, 2.45) is 5.10 Å². The summed E-state index contributed by atoms with van der Waals surface area (Å²) < 4.78 is 11.4. The van der Waals surface area contributed by atoms with Crippen LogP contribution in [0, 0.1) is 0 Å². The fraction of sp³-hybridized carbons (Fsp3) is 0.158. The molecule has 0 fully saturated rings. The molecule has 2 aromatic carbocycles. The van der Waals surface area contributed by atoms with Crippen LogP contribution in [0.4, 0.5) is 0 Å². The van der Waals surface area contributed by atoms with Gasteiger partial charge in [0, 0.05) is 17.1 Å². The van der Waals surface area contributed by atoms with Crippen molar-refractivity contribution in [1.82, 2.24) is 10.7 Å². The summed E-state index contributed by atoms with van der Waals surface area (Å²) in [5.74, 6) is 1.20. The summed E-state index contributed by atoms with van der Waals surface area (Å²) in [5.41, 5.74) is 4.45. The number of nitrogens with zero attached hydrogens (tertiary/aromatic N) is 1. The van der Waals surface area contributed by atoms with E-state index >= 15 is 0 Å². The molecular weight excluding hydrogens is 370 g/mol. The van der Waals surface area contributed by atoms with Gasteiger partial charge < -0.3 is 14.8 Å². The van der Waals surface area contributed by atoms with Gasteiger partial charge in [0.15, 0.2) is 16.6 Å². The van der Waals surface area contributed by atoms with E-state index in [9.17, 15) is 0 Å². The lowest BCUT2D eigenvalue weighted by atomic mass is 10.2. The number of hydrogen-bond acceptors (Lipinski definition) is 4. The van der Waals surface area contributed by atoms with E-state index in [1.54, 1.807) is 19.4 Å². The predicted octanol–water partition coefficient (Wildman–Crippen LogP) is 3.91. The van der Waals surface area contributed by atoms with Crippen LogP contribution < -0.4 is 20.2 Å². The second-order valence-electron chi connectivity index (χ2n) is 5.17. The van der Waals surface area contributed by atoms with Gasteiger partial charge >= 0.3 is 0 Å². The Morgan fingerprint density at radius 3 is 2.85 bits per heavy atom. The number of thiocarbonyl (C=S) groups is 1. The predicted molar refractivity (Wildman–Crippen MR) is 110 cm³/mol. The molecule has 0 saturated heterocycles. The molecule has 0 heterocycles. The Morgan fingerprint density at radius 1 is 1.31 bits per heavy atom. The summed E-state index contributed by atoms with van der Waals surface area (Å²) in [4.78, 5) is 0. The maximum absolute atomic E-state index is 6.02. The summed E-state index contributed by atoms with van der Waals surface area (Å²) in [6.45, 7) is 4.53. The van der Waals surface area contributed by atoms with Crippen LogP contribution in [-0.4, -0.2) is 25.0 Å². The normalized spacial score (nSPS) is 10.4. The fourth-order valence-electron chi connectivity index (χ4n) is 2.10. The van der Waals surface area contributed by atoms with Crippen molar-refractivity contribution in [3.63, 3.8) is 0 Å². The van der Waals surface area contributed by atoms with Crippen LogP contribution in [0.5, 0.6) is 11.5 Å².